The number of thioether (sulfide) groups is 1. The molecule has 1 fully saturated rings. The van der Waals surface area contributed by atoms with Crippen molar-refractivity contribution in [3.63, 3.8) is 0 Å². The van der Waals surface area contributed by atoms with Crippen LogP contribution in [0.25, 0.3) is 0 Å². The Bertz CT molecular complexity index is 274. The molecule has 6 heteroatoms. The minimum absolute atomic E-state index is 0. The van der Waals surface area contributed by atoms with Crippen molar-refractivity contribution < 1.29 is 4.74 Å². The Morgan fingerprint density at radius 1 is 1.18 bits per heavy atom. The number of nitrogens with one attached hydrogen (secondary N) is 2. The molecule has 0 heterocycles. The number of rotatable bonds is 11. The predicted octanol–water partition coefficient (Wildman–Crippen LogP) is 3.65. The van der Waals surface area contributed by atoms with E-state index in [2.05, 4.69) is 28.8 Å². The Morgan fingerprint density at radius 3 is 2.64 bits per heavy atom. The molecule has 0 bridgehead atoms. The van der Waals surface area contributed by atoms with Gasteiger partial charge in [-0.2, -0.15) is 11.8 Å². The molecule has 0 aromatic carbocycles. The number of ether oxygens (including phenoxy) is 1. The van der Waals surface area contributed by atoms with Crippen LogP contribution in [0.3, 0.4) is 0 Å². The van der Waals surface area contributed by atoms with Crippen molar-refractivity contribution in [2.45, 2.75) is 58.0 Å². The molecule has 1 saturated carbocycles. The SMILES string of the molecule is CCNC(=NCCCOC1CCCC1)NCCCCSC.I. The fourth-order valence-corrected chi connectivity index (χ4v) is 2.97. The molecule has 4 nitrogen and oxygen atoms in total. The first-order valence-electron chi connectivity index (χ1n) is 8.49. The zero-order valence-corrected chi connectivity index (χ0v) is 17.4. The monoisotopic (exact) mass is 443 g/mol. The van der Waals surface area contributed by atoms with Gasteiger partial charge in [0, 0.05) is 26.2 Å². The largest absolute Gasteiger partial charge is 0.378 e. The Kier molecular flexibility index (Phi) is 16.4. The second-order valence-corrected chi connectivity index (χ2v) is 6.50. The van der Waals surface area contributed by atoms with Crippen molar-refractivity contribution in [1.82, 2.24) is 10.6 Å². The van der Waals surface area contributed by atoms with E-state index in [0.717, 1.165) is 38.6 Å². The lowest BCUT2D eigenvalue weighted by molar-refractivity contribution is 0.0579. The van der Waals surface area contributed by atoms with Crippen LogP contribution in [0.15, 0.2) is 4.99 Å². The molecule has 0 amide bonds. The van der Waals surface area contributed by atoms with E-state index in [9.17, 15) is 0 Å². The normalized spacial score (nSPS) is 15.6. The van der Waals surface area contributed by atoms with Gasteiger partial charge in [-0.25, -0.2) is 0 Å². The summed E-state index contributed by atoms with van der Waals surface area (Å²) >= 11 is 1.91. The van der Waals surface area contributed by atoms with Gasteiger partial charge in [0.05, 0.1) is 6.10 Å². The van der Waals surface area contributed by atoms with Crippen molar-refractivity contribution in [2.75, 3.05) is 38.2 Å². The Balaban J connectivity index is 0.00000441. The van der Waals surface area contributed by atoms with Gasteiger partial charge in [0.1, 0.15) is 0 Å². The van der Waals surface area contributed by atoms with Gasteiger partial charge in [0.15, 0.2) is 5.96 Å². The molecule has 0 spiro atoms. The summed E-state index contributed by atoms with van der Waals surface area (Å²) in [6.07, 6.45) is 11.4. The van der Waals surface area contributed by atoms with Crippen molar-refractivity contribution >= 4 is 41.7 Å². The van der Waals surface area contributed by atoms with E-state index in [0.29, 0.717) is 6.10 Å². The molecule has 0 unspecified atom stereocenters. The summed E-state index contributed by atoms with van der Waals surface area (Å²) in [6, 6.07) is 0. The van der Waals surface area contributed by atoms with Crippen LogP contribution in [-0.4, -0.2) is 50.3 Å². The molecule has 0 saturated heterocycles. The lowest BCUT2D eigenvalue weighted by Gasteiger charge is -2.12. The van der Waals surface area contributed by atoms with E-state index >= 15 is 0 Å². The minimum Gasteiger partial charge on any atom is -0.378 e. The summed E-state index contributed by atoms with van der Waals surface area (Å²) in [7, 11) is 0. The minimum atomic E-state index is 0. The molecular weight excluding hydrogens is 409 g/mol. The molecule has 0 atom stereocenters. The quantitative estimate of drug-likeness (QED) is 0.222. The van der Waals surface area contributed by atoms with E-state index in [1.165, 1.54) is 44.3 Å². The Hall–Kier alpha value is 0.310. The van der Waals surface area contributed by atoms with Gasteiger partial charge in [0.25, 0.3) is 0 Å². The van der Waals surface area contributed by atoms with Gasteiger partial charge in [-0.05, 0) is 51.0 Å². The molecule has 1 aliphatic rings. The highest BCUT2D eigenvalue weighted by atomic mass is 127. The highest BCUT2D eigenvalue weighted by Gasteiger charge is 2.14. The average Bonchev–Trinajstić information content (AvgIpc) is 3.00. The van der Waals surface area contributed by atoms with E-state index < -0.39 is 0 Å². The Morgan fingerprint density at radius 2 is 1.95 bits per heavy atom. The van der Waals surface area contributed by atoms with Gasteiger partial charge in [-0.15, -0.1) is 24.0 Å². The van der Waals surface area contributed by atoms with Crippen LogP contribution in [-0.2, 0) is 4.74 Å². The van der Waals surface area contributed by atoms with E-state index in [1.54, 1.807) is 0 Å². The van der Waals surface area contributed by atoms with Crippen LogP contribution in [0.1, 0.15) is 51.9 Å². The maximum absolute atomic E-state index is 5.86. The van der Waals surface area contributed by atoms with Gasteiger partial charge in [-0.1, -0.05) is 12.8 Å². The Labute approximate surface area is 158 Å². The van der Waals surface area contributed by atoms with Crippen LogP contribution in [0.5, 0.6) is 0 Å². The topological polar surface area (TPSA) is 45.7 Å². The van der Waals surface area contributed by atoms with Crippen LogP contribution in [0, 0.1) is 0 Å². The van der Waals surface area contributed by atoms with Crippen LogP contribution in [0.4, 0.5) is 0 Å². The van der Waals surface area contributed by atoms with E-state index in [1.807, 2.05) is 11.8 Å². The maximum Gasteiger partial charge on any atom is 0.191 e. The third-order valence-corrected chi connectivity index (χ3v) is 4.34. The van der Waals surface area contributed by atoms with Crippen LogP contribution < -0.4 is 10.6 Å². The number of hydrogen-bond acceptors (Lipinski definition) is 3. The highest BCUT2D eigenvalue weighted by molar-refractivity contribution is 14.0. The second-order valence-electron chi connectivity index (χ2n) is 5.52. The summed E-state index contributed by atoms with van der Waals surface area (Å²) in [5, 5.41) is 6.70. The van der Waals surface area contributed by atoms with Gasteiger partial charge >= 0.3 is 0 Å². The van der Waals surface area contributed by atoms with E-state index in [-0.39, 0.29) is 24.0 Å². The molecule has 1 aliphatic carbocycles. The first-order chi connectivity index (χ1) is 10.4. The molecule has 0 aromatic rings. The second kappa shape index (κ2) is 16.2. The maximum atomic E-state index is 5.86. The van der Waals surface area contributed by atoms with Crippen LogP contribution in [0.2, 0.25) is 0 Å². The standard InChI is InChI=1S/C16H33N3OS.HI/c1-3-17-16(18-11-6-7-14-21-2)19-12-8-13-20-15-9-4-5-10-15;/h15H,3-14H2,1-2H3,(H2,17,18,19);1H. The smallest absolute Gasteiger partial charge is 0.191 e. The third-order valence-electron chi connectivity index (χ3n) is 3.64. The van der Waals surface area contributed by atoms with Gasteiger partial charge < -0.3 is 15.4 Å². The van der Waals surface area contributed by atoms with Crippen molar-refractivity contribution in [3.8, 4) is 0 Å². The van der Waals surface area contributed by atoms with Gasteiger partial charge in [-0.3, -0.25) is 4.99 Å². The summed E-state index contributed by atoms with van der Waals surface area (Å²) in [6.45, 7) is 5.71. The molecular formula is C16H34IN3OS. The number of aliphatic imine (C=N–C) groups is 1. The van der Waals surface area contributed by atoms with Crippen molar-refractivity contribution in [2.24, 2.45) is 4.99 Å². The van der Waals surface area contributed by atoms with Crippen LogP contribution >= 0.6 is 35.7 Å². The zero-order chi connectivity index (χ0) is 15.2. The van der Waals surface area contributed by atoms with E-state index in [4.69, 9.17) is 4.74 Å². The summed E-state index contributed by atoms with van der Waals surface area (Å²) in [5.74, 6) is 2.19. The number of halogens is 1. The molecule has 22 heavy (non-hydrogen) atoms. The lowest BCUT2D eigenvalue weighted by atomic mass is 10.3. The number of guanidine groups is 1. The predicted molar refractivity (Wildman–Crippen MR) is 110 cm³/mol. The fraction of sp³-hybridized carbons (Fsp3) is 0.938. The fourth-order valence-electron chi connectivity index (χ4n) is 2.48. The summed E-state index contributed by atoms with van der Waals surface area (Å²) < 4.78 is 5.86. The first kappa shape index (κ1) is 22.3. The molecule has 2 N–H and O–H groups in total. The molecule has 132 valence electrons. The zero-order valence-electron chi connectivity index (χ0n) is 14.2. The molecule has 0 aliphatic heterocycles. The van der Waals surface area contributed by atoms with Gasteiger partial charge in [0.2, 0.25) is 0 Å². The van der Waals surface area contributed by atoms with Crippen molar-refractivity contribution in [1.29, 1.82) is 0 Å². The third kappa shape index (κ3) is 11.8. The summed E-state index contributed by atoms with van der Waals surface area (Å²) in [5.41, 5.74) is 0. The molecule has 0 aromatic heterocycles. The lowest BCUT2D eigenvalue weighted by Crippen LogP contribution is -2.38. The highest BCUT2D eigenvalue weighted by Crippen LogP contribution is 2.20. The first-order valence-corrected chi connectivity index (χ1v) is 9.89. The number of nitrogens with zero attached hydrogens (tertiary/aromatic N) is 1. The molecule has 1 rings (SSSR count). The average molecular weight is 443 g/mol. The summed E-state index contributed by atoms with van der Waals surface area (Å²) in [4.78, 5) is 4.60. The number of unbranched alkanes of at least 4 members (excludes halogenated alkanes) is 1. The molecule has 0 radical (unpaired) electrons. The van der Waals surface area contributed by atoms with Crippen molar-refractivity contribution in [3.05, 3.63) is 0 Å². The number of hydrogen-bond donors (Lipinski definition) is 2.